The van der Waals surface area contributed by atoms with Crippen molar-refractivity contribution in [3.05, 3.63) is 35.7 Å². The van der Waals surface area contributed by atoms with Gasteiger partial charge in [-0.25, -0.2) is 5.01 Å². The molecule has 70 valence electrons. The first-order valence-corrected chi connectivity index (χ1v) is 4.44. The average Bonchev–Trinajstić information content (AvgIpc) is 2.03. The second kappa shape index (κ2) is 4.08. The zero-order valence-corrected chi connectivity index (χ0v) is 8.70. The van der Waals surface area contributed by atoms with Gasteiger partial charge in [-0.2, -0.15) is 5.10 Å². The number of nitrogens with zero attached hydrogens (tertiary/aromatic N) is 2. The Hall–Kier alpha value is -1.31. The van der Waals surface area contributed by atoms with Gasteiger partial charge in [-0.05, 0) is 39.8 Å². The highest BCUT2D eigenvalue weighted by Crippen LogP contribution is 2.16. The summed E-state index contributed by atoms with van der Waals surface area (Å²) in [6, 6.07) is 0. The molecule has 0 N–H and O–H groups in total. The SMILES string of the molecule is CC(C)=NN1C=CC=CC1=C(C)C. The summed E-state index contributed by atoms with van der Waals surface area (Å²) in [4.78, 5) is 0. The van der Waals surface area contributed by atoms with E-state index in [4.69, 9.17) is 0 Å². The Morgan fingerprint density at radius 2 is 1.85 bits per heavy atom. The van der Waals surface area contributed by atoms with Crippen LogP contribution in [0.2, 0.25) is 0 Å². The molecule has 0 saturated carbocycles. The summed E-state index contributed by atoms with van der Waals surface area (Å²) in [5.41, 5.74) is 3.48. The molecule has 0 saturated heterocycles. The van der Waals surface area contributed by atoms with Gasteiger partial charge in [0.1, 0.15) is 0 Å². The Balaban J connectivity index is 2.97. The van der Waals surface area contributed by atoms with E-state index in [1.54, 1.807) is 0 Å². The van der Waals surface area contributed by atoms with Crippen LogP contribution in [0.5, 0.6) is 0 Å². The van der Waals surface area contributed by atoms with Gasteiger partial charge in [0.05, 0.1) is 5.70 Å². The van der Waals surface area contributed by atoms with Crippen molar-refractivity contribution in [2.24, 2.45) is 5.10 Å². The van der Waals surface area contributed by atoms with E-state index in [9.17, 15) is 0 Å². The average molecular weight is 176 g/mol. The van der Waals surface area contributed by atoms with E-state index >= 15 is 0 Å². The zero-order chi connectivity index (χ0) is 9.84. The Bertz CT molecular complexity index is 298. The van der Waals surface area contributed by atoms with E-state index in [2.05, 4.69) is 25.0 Å². The minimum Gasteiger partial charge on any atom is -0.241 e. The lowest BCUT2D eigenvalue weighted by atomic mass is 10.2. The molecule has 13 heavy (non-hydrogen) atoms. The van der Waals surface area contributed by atoms with Gasteiger partial charge in [-0.15, -0.1) is 0 Å². The van der Waals surface area contributed by atoms with Gasteiger partial charge in [0, 0.05) is 11.9 Å². The van der Waals surface area contributed by atoms with Crippen molar-refractivity contribution in [1.82, 2.24) is 5.01 Å². The fourth-order valence-corrected chi connectivity index (χ4v) is 1.13. The predicted octanol–water partition coefficient (Wildman–Crippen LogP) is 3.06. The van der Waals surface area contributed by atoms with E-state index in [1.807, 2.05) is 37.2 Å². The fourth-order valence-electron chi connectivity index (χ4n) is 1.13. The number of allylic oxidation sites excluding steroid dienone is 4. The molecule has 0 aliphatic carbocycles. The van der Waals surface area contributed by atoms with Gasteiger partial charge in [-0.3, -0.25) is 0 Å². The zero-order valence-electron chi connectivity index (χ0n) is 8.70. The highest BCUT2D eigenvalue weighted by Gasteiger charge is 2.05. The molecule has 0 aromatic rings. The van der Waals surface area contributed by atoms with Crippen molar-refractivity contribution in [2.45, 2.75) is 27.7 Å². The molecule has 0 unspecified atom stereocenters. The summed E-state index contributed by atoms with van der Waals surface area (Å²) in [5.74, 6) is 0. The molecule has 0 aromatic heterocycles. The molecular formula is C11H16N2. The van der Waals surface area contributed by atoms with E-state index in [-0.39, 0.29) is 0 Å². The van der Waals surface area contributed by atoms with E-state index < -0.39 is 0 Å². The van der Waals surface area contributed by atoms with Crippen LogP contribution in [0.1, 0.15) is 27.7 Å². The lowest BCUT2D eigenvalue weighted by molar-refractivity contribution is 0.503. The molecule has 1 aliphatic rings. The summed E-state index contributed by atoms with van der Waals surface area (Å²) < 4.78 is 0. The first-order chi connectivity index (χ1) is 6.11. The first-order valence-electron chi connectivity index (χ1n) is 4.44. The van der Waals surface area contributed by atoms with Crippen LogP contribution in [-0.4, -0.2) is 10.7 Å². The standard InChI is InChI=1S/C11H16N2/c1-9(2)11-7-5-6-8-13(11)12-10(3)4/h5-8H,1-4H3. The number of rotatable bonds is 1. The number of hydrogen-bond acceptors (Lipinski definition) is 2. The summed E-state index contributed by atoms with van der Waals surface area (Å²) in [6.07, 6.45) is 8.05. The number of hydrazone groups is 1. The van der Waals surface area contributed by atoms with Crippen LogP contribution in [0.4, 0.5) is 0 Å². The molecule has 2 heteroatoms. The van der Waals surface area contributed by atoms with Gasteiger partial charge < -0.3 is 0 Å². The van der Waals surface area contributed by atoms with Crippen molar-refractivity contribution in [3.63, 3.8) is 0 Å². The maximum atomic E-state index is 4.39. The first kappa shape index (κ1) is 9.78. The summed E-state index contributed by atoms with van der Waals surface area (Å²) in [7, 11) is 0. The molecule has 0 spiro atoms. The highest BCUT2D eigenvalue weighted by atomic mass is 15.4. The summed E-state index contributed by atoms with van der Waals surface area (Å²) >= 11 is 0. The summed E-state index contributed by atoms with van der Waals surface area (Å²) in [5, 5.41) is 6.30. The van der Waals surface area contributed by atoms with E-state index in [0.717, 1.165) is 11.4 Å². The smallest absolute Gasteiger partial charge is 0.0631 e. The molecule has 0 aromatic carbocycles. The van der Waals surface area contributed by atoms with E-state index in [0.29, 0.717) is 0 Å². The van der Waals surface area contributed by atoms with Gasteiger partial charge in [0.2, 0.25) is 0 Å². The van der Waals surface area contributed by atoms with Crippen LogP contribution in [0.15, 0.2) is 40.8 Å². The largest absolute Gasteiger partial charge is 0.241 e. The highest BCUT2D eigenvalue weighted by molar-refractivity contribution is 5.79. The van der Waals surface area contributed by atoms with Crippen LogP contribution < -0.4 is 0 Å². The summed E-state index contributed by atoms with van der Waals surface area (Å²) in [6.45, 7) is 8.17. The van der Waals surface area contributed by atoms with Gasteiger partial charge in [0.25, 0.3) is 0 Å². The minimum absolute atomic E-state index is 1.05. The maximum Gasteiger partial charge on any atom is 0.0631 e. The third-order valence-corrected chi connectivity index (χ3v) is 1.66. The second-order valence-electron chi connectivity index (χ2n) is 3.48. The molecule has 1 aliphatic heterocycles. The molecule has 0 bridgehead atoms. The van der Waals surface area contributed by atoms with Crippen molar-refractivity contribution < 1.29 is 0 Å². The van der Waals surface area contributed by atoms with Crippen LogP contribution >= 0.6 is 0 Å². The van der Waals surface area contributed by atoms with Crippen molar-refractivity contribution in [1.29, 1.82) is 0 Å². The van der Waals surface area contributed by atoms with Crippen molar-refractivity contribution in [2.75, 3.05) is 0 Å². The van der Waals surface area contributed by atoms with Crippen LogP contribution in [0.25, 0.3) is 0 Å². The molecule has 1 heterocycles. The molecule has 0 fully saturated rings. The lowest BCUT2D eigenvalue weighted by Crippen LogP contribution is -2.12. The predicted molar refractivity (Wildman–Crippen MR) is 57.3 cm³/mol. The van der Waals surface area contributed by atoms with Crippen molar-refractivity contribution in [3.8, 4) is 0 Å². The molecule has 0 radical (unpaired) electrons. The Kier molecular flexibility index (Phi) is 3.07. The van der Waals surface area contributed by atoms with Gasteiger partial charge >= 0.3 is 0 Å². The van der Waals surface area contributed by atoms with E-state index in [1.165, 1.54) is 5.57 Å². The molecule has 1 rings (SSSR count). The Morgan fingerprint density at radius 1 is 1.15 bits per heavy atom. The molecule has 0 atom stereocenters. The number of hydrogen-bond donors (Lipinski definition) is 0. The lowest BCUT2D eigenvalue weighted by Gasteiger charge is -2.20. The second-order valence-corrected chi connectivity index (χ2v) is 3.48. The Morgan fingerprint density at radius 3 is 2.38 bits per heavy atom. The van der Waals surface area contributed by atoms with Crippen LogP contribution in [-0.2, 0) is 0 Å². The minimum atomic E-state index is 1.05. The monoisotopic (exact) mass is 176 g/mol. The third-order valence-electron chi connectivity index (χ3n) is 1.66. The maximum absolute atomic E-state index is 4.39. The van der Waals surface area contributed by atoms with Crippen LogP contribution in [0, 0.1) is 0 Å². The fraction of sp³-hybridized carbons (Fsp3) is 0.364. The van der Waals surface area contributed by atoms with Crippen molar-refractivity contribution >= 4 is 5.71 Å². The van der Waals surface area contributed by atoms with Gasteiger partial charge in [-0.1, -0.05) is 11.6 Å². The Labute approximate surface area is 79.9 Å². The van der Waals surface area contributed by atoms with Crippen LogP contribution in [0.3, 0.4) is 0 Å². The van der Waals surface area contributed by atoms with Gasteiger partial charge in [0.15, 0.2) is 0 Å². The third kappa shape index (κ3) is 2.58. The quantitative estimate of drug-likeness (QED) is 0.561. The molecule has 0 amide bonds. The molecule has 2 nitrogen and oxygen atoms in total. The topological polar surface area (TPSA) is 15.6 Å². The normalized spacial score (nSPS) is 14.8. The molecular weight excluding hydrogens is 160 g/mol.